The Kier molecular flexibility index (Phi) is 7.49. The lowest BCUT2D eigenvalue weighted by molar-refractivity contribution is -0.140. The Hall–Kier alpha value is -4.80. The zero-order valence-corrected chi connectivity index (χ0v) is 19.7. The molecule has 4 aromatic rings. The highest BCUT2D eigenvalue weighted by Gasteiger charge is 2.15. The van der Waals surface area contributed by atoms with Gasteiger partial charge >= 0.3 is 23.4 Å². The molecule has 0 saturated heterocycles. The van der Waals surface area contributed by atoms with Gasteiger partial charge in [-0.15, -0.1) is 0 Å². The number of ether oxygens (including phenoxy) is 2. The SMILES string of the molecule is COC(=O)CCn1c(=O)nc(Nc2ccc(Oc3ncccn3)cc2)n(Cc2ccc(C)cc2)c1=O. The molecule has 0 saturated carbocycles. The van der Waals surface area contributed by atoms with E-state index in [2.05, 4.69) is 25.0 Å². The van der Waals surface area contributed by atoms with E-state index < -0.39 is 17.3 Å². The van der Waals surface area contributed by atoms with Crippen molar-refractivity contribution in [2.45, 2.75) is 26.4 Å². The summed E-state index contributed by atoms with van der Waals surface area (Å²) in [6.45, 7) is 1.99. The van der Waals surface area contributed by atoms with Gasteiger partial charge in [0.2, 0.25) is 5.95 Å². The smallest absolute Gasteiger partial charge is 0.354 e. The Balaban J connectivity index is 1.64. The van der Waals surface area contributed by atoms with Gasteiger partial charge in [0, 0.05) is 24.6 Å². The normalized spacial score (nSPS) is 10.6. The van der Waals surface area contributed by atoms with Crippen LogP contribution in [-0.2, 0) is 22.6 Å². The van der Waals surface area contributed by atoms with Crippen molar-refractivity contribution < 1.29 is 14.3 Å². The number of nitrogens with one attached hydrogen (secondary N) is 1. The van der Waals surface area contributed by atoms with Crippen LogP contribution in [0.5, 0.6) is 11.8 Å². The summed E-state index contributed by atoms with van der Waals surface area (Å²) < 4.78 is 12.5. The van der Waals surface area contributed by atoms with Gasteiger partial charge in [0.05, 0.1) is 20.1 Å². The molecule has 0 atom stereocenters. The molecule has 0 aliphatic carbocycles. The van der Waals surface area contributed by atoms with Crippen molar-refractivity contribution in [1.82, 2.24) is 24.1 Å². The Labute approximate surface area is 206 Å². The molecule has 2 aromatic carbocycles. The molecule has 0 aliphatic rings. The van der Waals surface area contributed by atoms with Gasteiger partial charge in [0.25, 0.3) is 0 Å². The summed E-state index contributed by atoms with van der Waals surface area (Å²) in [5.41, 5.74) is 1.13. The second-order valence-corrected chi connectivity index (χ2v) is 7.83. The molecule has 36 heavy (non-hydrogen) atoms. The molecule has 0 unspecified atom stereocenters. The van der Waals surface area contributed by atoms with Crippen molar-refractivity contribution in [3.8, 4) is 11.8 Å². The van der Waals surface area contributed by atoms with Crippen molar-refractivity contribution in [2.75, 3.05) is 12.4 Å². The Bertz CT molecular complexity index is 1450. The molecule has 1 N–H and O–H groups in total. The van der Waals surface area contributed by atoms with Gasteiger partial charge in [-0.25, -0.2) is 24.1 Å². The zero-order chi connectivity index (χ0) is 25.5. The minimum Gasteiger partial charge on any atom is -0.469 e. The van der Waals surface area contributed by atoms with Gasteiger partial charge in [0.1, 0.15) is 5.75 Å². The molecule has 2 aromatic heterocycles. The monoisotopic (exact) mass is 488 g/mol. The fourth-order valence-electron chi connectivity index (χ4n) is 3.32. The molecule has 0 amide bonds. The minimum atomic E-state index is -0.771. The highest BCUT2D eigenvalue weighted by Crippen LogP contribution is 2.21. The largest absolute Gasteiger partial charge is 0.469 e. The highest BCUT2D eigenvalue weighted by atomic mass is 16.5. The predicted molar refractivity (Wildman–Crippen MR) is 132 cm³/mol. The standard InChI is InChI=1S/C25H24N6O5/c1-17-4-6-18(7-5-17)16-31-22(29-24(33)30(25(31)34)15-12-21(32)35-2)28-19-8-10-20(11-9-19)36-23-26-13-3-14-27-23/h3-11,13-14H,12,15-16H2,1-2H3,(H,28,29,33). The Morgan fingerprint density at radius 1 is 0.972 bits per heavy atom. The second-order valence-electron chi connectivity index (χ2n) is 7.83. The molecule has 11 nitrogen and oxygen atoms in total. The summed E-state index contributed by atoms with van der Waals surface area (Å²) >= 11 is 0. The van der Waals surface area contributed by atoms with Crippen LogP contribution >= 0.6 is 0 Å². The van der Waals surface area contributed by atoms with Crippen LogP contribution in [-0.4, -0.2) is 37.2 Å². The maximum atomic E-state index is 13.3. The number of hydrogen-bond acceptors (Lipinski definition) is 9. The van der Waals surface area contributed by atoms with E-state index >= 15 is 0 Å². The molecule has 11 heteroatoms. The highest BCUT2D eigenvalue weighted by molar-refractivity contribution is 5.69. The molecule has 0 radical (unpaired) electrons. The van der Waals surface area contributed by atoms with Crippen molar-refractivity contribution in [3.05, 3.63) is 99.1 Å². The maximum absolute atomic E-state index is 13.3. The van der Waals surface area contributed by atoms with Crippen LogP contribution in [0.4, 0.5) is 11.6 Å². The van der Waals surface area contributed by atoms with Crippen molar-refractivity contribution in [2.24, 2.45) is 0 Å². The zero-order valence-electron chi connectivity index (χ0n) is 19.7. The number of nitrogens with zero attached hydrogens (tertiary/aromatic N) is 5. The number of aryl methyl sites for hydroxylation is 1. The van der Waals surface area contributed by atoms with Crippen LogP contribution in [0.1, 0.15) is 17.5 Å². The van der Waals surface area contributed by atoms with E-state index in [0.717, 1.165) is 15.7 Å². The first-order valence-electron chi connectivity index (χ1n) is 11.1. The predicted octanol–water partition coefficient (Wildman–Crippen LogP) is 2.65. The van der Waals surface area contributed by atoms with Gasteiger partial charge in [-0.2, -0.15) is 4.98 Å². The molecule has 184 valence electrons. The number of aromatic nitrogens is 5. The number of carbonyl (C=O) groups excluding carboxylic acids is 1. The summed E-state index contributed by atoms with van der Waals surface area (Å²) in [6, 6.07) is 16.4. The summed E-state index contributed by atoms with van der Waals surface area (Å²) in [5, 5.41) is 3.04. The fraction of sp³-hybridized carbons (Fsp3) is 0.200. The van der Waals surface area contributed by atoms with E-state index in [9.17, 15) is 14.4 Å². The number of esters is 1. The second kappa shape index (κ2) is 11.1. The summed E-state index contributed by atoms with van der Waals surface area (Å²) in [5.74, 6) is 0.0479. The molecular formula is C25H24N6O5. The topological polar surface area (TPSA) is 130 Å². The van der Waals surface area contributed by atoms with E-state index in [0.29, 0.717) is 11.4 Å². The number of anilines is 2. The first-order valence-corrected chi connectivity index (χ1v) is 11.1. The van der Waals surface area contributed by atoms with Crippen LogP contribution in [0.2, 0.25) is 0 Å². The van der Waals surface area contributed by atoms with Crippen LogP contribution in [0, 0.1) is 6.92 Å². The Morgan fingerprint density at radius 3 is 2.33 bits per heavy atom. The van der Waals surface area contributed by atoms with E-state index in [4.69, 9.17) is 4.74 Å². The number of rotatable bonds is 9. The fourth-order valence-corrected chi connectivity index (χ4v) is 3.32. The minimum absolute atomic E-state index is 0.0694. The third-order valence-corrected chi connectivity index (χ3v) is 5.24. The van der Waals surface area contributed by atoms with Crippen LogP contribution in [0.15, 0.2) is 76.6 Å². The van der Waals surface area contributed by atoms with Gasteiger partial charge in [-0.05, 0) is 42.8 Å². The van der Waals surface area contributed by atoms with Crippen LogP contribution < -0.4 is 21.4 Å². The summed E-state index contributed by atoms with van der Waals surface area (Å²) in [6.07, 6.45) is 3.02. The van der Waals surface area contributed by atoms with E-state index in [1.165, 1.54) is 11.7 Å². The maximum Gasteiger partial charge on any atom is 0.354 e. The average Bonchev–Trinajstić information content (AvgIpc) is 2.89. The third kappa shape index (κ3) is 6.00. The summed E-state index contributed by atoms with van der Waals surface area (Å²) in [7, 11) is 1.25. The molecular weight excluding hydrogens is 464 g/mol. The third-order valence-electron chi connectivity index (χ3n) is 5.24. The lowest BCUT2D eigenvalue weighted by Gasteiger charge is -2.16. The lowest BCUT2D eigenvalue weighted by Crippen LogP contribution is -2.43. The first kappa shape index (κ1) is 24.3. The van der Waals surface area contributed by atoms with E-state index in [1.807, 2.05) is 31.2 Å². The van der Waals surface area contributed by atoms with Crippen molar-refractivity contribution in [1.29, 1.82) is 0 Å². The molecule has 4 rings (SSSR count). The molecule has 0 bridgehead atoms. The van der Waals surface area contributed by atoms with Gasteiger partial charge in [0.15, 0.2) is 0 Å². The molecule has 0 spiro atoms. The number of benzene rings is 2. The summed E-state index contributed by atoms with van der Waals surface area (Å²) in [4.78, 5) is 49.7. The van der Waals surface area contributed by atoms with Crippen molar-refractivity contribution >= 4 is 17.6 Å². The number of hydrogen-bond donors (Lipinski definition) is 1. The lowest BCUT2D eigenvalue weighted by atomic mass is 10.1. The number of carbonyl (C=O) groups is 1. The molecule has 0 aliphatic heterocycles. The van der Waals surface area contributed by atoms with Gasteiger partial charge < -0.3 is 14.8 Å². The van der Waals surface area contributed by atoms with Crippen LogP contribution in [0.25, 0.3) is 0 Å². The first-order chi connectivity index (χ1) is 17.4. The van der Waals surface area contributed by atoms with E-state index in [-0.39, 0.29) is 31.5 Å². The molecule has 2 heterocycles. The van der Waals surface area contributed by atoms with Crippen molar-refractivity contribution in [3.63, 3.8) is 0 Å². The molecule has 0 fully saturated rings. The van der Waals surface area contributed by atoms with E-state index in [1.54, 1.807) is 42.7 Å². The number of methoxy groups -OCH3 is 1. The van der Waals surface area contributed by atoms with Gasteiger partial charge in [-0.1, -0.05) is 29.8 Å². The van der Waals surface area contributed by atoms with Crippen LogP contribution in [0.3, 0.4) is 0 Å². The quantitative estimate of drug-likeness (QED) is 0.353. The Morgan fingerprint density at radius 2 is 1.67 bits per heavy atom. The average molecular weight is 489 g/mol. The van der Waals surface area contributed by atoms with Gasteiger partial charge in [-0.3, -0.25) is 9.36 Å².